The summed E-state index contributed by atoms with van der Waals surface area (Å²) in [6.07, 6.45) is 6.18. The summed E-state index contributed by atoms with van der Waals surface area (Å²) in [7, 11) is 1.49. The lowest BCUT2D eigenvalue weighted by molar-refractivity contribution is 0.187. The molecule has 2 amide bonds. The second-order valence-corrected chi connectivity index (χ2v) is 6.77. The largest absolute Gasteiger partial charge is 0.497 e. The summed E-state index contributed by atoms with van der Waals surface area (Å²) in [4.78, 5) is 19.9. The third kappa shape index (κ3) is 4.56. The fourth-order valence-corrected chi connectivity index (χ4v) is 3.37. The van der Waals surface area contributed by atoms with Crippen molar-refractivity contribution in [1.82, 2.24) is 15.2 Å². The molecule has 2 heterocycles. The van der Waals surface area contributed by atoms with Crippen LogP contribution in [0.3, 0.4) is 0 Å². The highest BCUT2D eigenvalue weighted by Gasteiger charge is 2.27. The number of amides is 2. The minimum atomic E-state index is -0.364. The standard InChI is InChI=1S/C19H24F2N4O2/c1-13(14-9-15(20)11-16(10-14)27-2)23-19(26)25-7-5-24(6-8-25)18-3-4-22-12-17(18)21/h3-4,10-14H,5-9H2,1-2H3,(H,23,26)/t13-,14?/m1/s1. The monoisotopic (exact) mass is 378 g/mol. The van der Waals surface area contributed by atoms with E-state index in [0.717, 1.165) is 0 Å². The molecule has 1 aliphatic heterocycles. The van der Waals surface area contributed by atoms with Crippen LogP contribution in [-0.4, -0.2) is 55.2 Å². The van der Waals surface area contributed by atoms with Crippen LogP contribution in [0.4, 0.5) is 19.3 Å². The Morgan fingerprint density at radius 3 is 2.74 bits per heavy atom. The number of pyridine rings is 1. The summed E-state index contributed by atoms with van der Waals surface area (Å²) in [5, 5.41) is 2.94. The van der Waals surface area contributed by atoms with Crippen molar-refractivity contribution in [3.63, 3.8) is 0 Å². The Morgan fingerprint density at radius 2 is 2.07 bits per heavy atom. The molecule has 1 aromatic heterocycles. The highest BCUT2D eigenvalue weighted by Crippen LogP contribution is 2.26. The molecule has 1 aliphatic carbocycles. The summed E-state index contributed by atoms with van der Waals surface area (Å²) < 4.78 is 32.7. The molecule has 1 fully saturated rings. The third-order valence-electron chi connectivity index (χ3n) is 5.00. The number of hydrogen-bond donors (Lipinski definition) is 1. The maximum Gasteiger partial charge on any atom is 0.317 e. The van der Waals surface area contributed by atoms with Gasteiger partial charge in [-0.05, 0) is 19.1 Å². The normalized spacial score (nSPS) is 21.3. The number of ether oxygens (including phenoxy) is 1. The van der Waals surface area contributed by atoms with Gasteiger partial charge in [0.15, 0.2) is 5.82 Å². The Bertz CT molecular complexity index is 745. The second-order valence-electron chi connectivity index (χ2n) is 6.77. The molecule has 0 spiro atoms. The van der Waals surface area contributed by atoms with Gasteiger partial charge in [0.05, 0.1) is 19.0 Å². The zero-order chi connectivity index (χ0) is 19.4. The van der Waals surface area contributed by atoms with Crippen molar-refractivity contribution in [2.75, 3.05) is 38.2 Å². The molecule has 2 atom stereocenters. The van der Waals surface area contributed by atoms with Gasteiger partial charge in [-0.25, -0.2) is 13.6 Å². The minimum absolute atomic E-state index is 0.166. The number of nitrogens with one attached hydrogen (secondary N) is 1. The molecular formula is C19H24F2N4O2. The Hall–Kier alpha value is -2.64. The van der Waals surface area contributed by atoms with E-state index < -0.39 is 0 Å². The number of rotatable bonds is 4. The van der Waals surface area contributed by atoms with Crippen LogP contribution < -0.4 is 10.2 Å². The average Bonchev–Trinajstić information content (AvgIpc) is 2.68. The van der Waals surface area contributed by atoms with Gasteiger partial charge < -0.3 is 19.9 Å². The fraction of sp³-hybridized carbons (Fsp3) is 0.474. The molecule has 1 saturated heterocycles. The Labute approximate surface area is 157 Å². The quantitative estimate of drug-likeness (QED) is 0.875. The number of anilines is 1. The summed E-state index contributed by atoms with van der Waals surface area (Å²) in [6, 6.07) is 1.20. The van der Waals surface area contributed by atoms with Gasteiger partial charge in [-0.1, -0.05) is 0 Å². The zero-order valence-electron chi connectivity index (χ0n) is 15.5. The fourth-order valence-electron chi connectivity index (χ4n) is 3.37. The van der Waals surface area contributed by atoms with Crippen molar-refractivity contribution < 1.29 is 18.3 Å². The van der Waals surface area contributed by atoms with Crippen LogP contribution in [-0.2, 0) is 4.74 Å². The van der Waals surface area contributed by atoms with Crippen LogP contribution in [0.15, 0.2) is 42.2 Å². The predicted molar refractivity (Wildman–Crippen MR) is 98.4 cm³/mol. The van der Waals surface area contributed by atoms with Crippen LogP contribution in [0.5, 0.6) is 0 Å². The first-order valence-corrected chi connectivity index (χ1v) is 8.99. The molecule has 3 rings (SSSR count). The van der Waals surface area contributed by atoms with E-state index in [2.05, 4.69) is 10.3 Å². The van der Waals surface area contributed by atoms with Gasteiger partial charge in [-0.3, -0.25) is 4.98 Å². The average molecular weight is 378 g/mol. The van der Waals surface area contributed by atoms with Crippen LogP contribution in [0.25, 0.3) is 0 Å². The van der Waals surface area contributed by atoms with Crippen molar-refractivity contribution in [1.29, 1.82) is 0 Å². The van der Waals surface area contributed by atoms with Crippen molar-refractivity contribution in [2.45, 2.75) is 19.4 Å². The Balaban J connectivity index is 1.53. The van der Waals surface area contributed by atoms with E-state index in [1.54, 1.807) is 17.2 Å². The van der Waals surface area contributed by atoms with Crippen molar-refractivity contribution in [3.8, 4) is 0 Å². The first-order chi connectivity index (χ1) is 13.0. The van der Waals surface area contributed by atoms with E-state index in [4.69, 9.17) is 4.74 Å². The lowest BCUT2D eigenvalue weighted by Crippen LogP contribution is -2.54. The molecule has 2 aliphatic rings. The third-order valence-corrected chi connectivity index (χ3v) is 5.00. The molecule has 0 radical (unpaired) electrons. The van der Waals surface area contributed by atoms with E-state index in [1.165, 1.54) is 19.4 Å². The van der Waals surface area contributed by atoms with Crippen LogP contribution >= 0.6 is 0 Å². The van der Waals surface area contributed by atoms with Crippen molar-refractivity contribution in [3.05, 3.63) is 48.0 Å². The van der Waals surface area contributed by atoms with Gasteiger partial charge in [0.2, 0.25) is 0 Å². The molecule has 1 N–H and O–H groups in total. The molecule has 146 valence electrons. The van der Waals surface area contributed by atoms with Gasteiger partial charge in [0.1, 0.15) is 11.6 Å². The van der Waals surface area contributed by atoms with E-state index in [1.807, 2.05) is 17.9 Å². The number of piperazine rings is 1. The molecule has 1 unspecified atom stereocenters. The zero-order valence-corrected chi connectivity index (χ0v) is 15.5. The first-order valence-electron chi connectivity index (χ1n) is 8.99. The van der Waals surface area contributed by atoms with Gasteiger partial charge in [0, 0.05) is 56.8 Å². The van der Waals surface area contributed by atoms with E-state index in [-0.39, 0.29) is 36.1 Å². The van der Waals surface area contributed by atoms with Crippen LogP contribution in [0, 0.1) is 11.7 Å². The number of nitrogens with zero attached hydrogens (tertiary/aromatic N) is 3. The molecule has 0 saturated carbocycles. The maximum atomic E-state index is 13.9. The van der Waals surface area contributed by atoms with E-state index >= 15 is 0 Å². The number of halogens is 2. The second kappa shape index (κ2) is 8.37. The maximum absolute atomic E-state index is 13.9. The highest BCUT2D eigenvalue weighted by atomic mass is 19.1. The van der Waals surface area contributed by atoms with E-state index in [9.17, 15) is 13.6 Å². The summed E-state index contributed by atoms with van der Waals surface area (Å²) >= 11 is 0. The van der Waals surface area contributed by atoms with E-state index in [0.29, 0.717) is 37.6 Å². The topological polar surface area (TPSA) is 57.7 Å². The Kier molecular flexibility index (Phi) is 5.93. The minimum Gasteiger partial charge on any atom is -0.497 e. The number of methoxy groups -OCH3 is 1. The summed E-state index contributed by atoms with van der Waals surface area (Å²) in [5.74, 6) is -0.315. The van der Waals surface area contributed by atoms with Crippen LogP contribution in [0.1, 0.15) is 13.3 Å². The Morgan fingerprint density at radius 1 is 1.33 bits per heavy atom. The number of carbonyl (C=O) groups is 1. The molecule has 27 heavy (non-hydrogen) atoms. The number of hydrogen-bond acceptors (Lipinski definition) is 4. The number of carbonyl (C=O) groups excluding carboxylic acids is 1. The van der Waals surface area contributed by atoms with Gasteiger partial charge in [0.25, 0.3) is 0 Å². The number of aromatic nitrogens is 1. The smallest absolute Gasteiger partial charge is 0.317 e. The molecule has 6 nitrogen and oxygen atoms in total. The number of urea groups is 1. The van der Waals surface area contributed by atoms with Gasteiger partial charge in [-0.2, -0.15) is 0 Å². The molecule has 0 bridgehead atoms. The lowest BCUT2D eigenvalue weighted by Gasteiger charge is -2.37. The summed E-state index contributed by atoms with van der Waals surface area (Å²) in [6.45, 7) is 3.90. The molecular weight excluding hydrogens is 354 g/mol. The van der Waals surface area contributed by atoms with Gasteiger partial charge >= 0.3 is 6.03 Å². The molecule has 0 aromatic carbocycles. The number of allylic oxidation sites excluding steroid dienone is 2. The predicted octanol–water partition coefficient (Wildman–Crippen LogP) is 2.84. The SMILES string of the molecule is COC1=CC([C@@H](C)NC(=O)N2CCN(c3ccncc3F)CC2)CC(F)=C1. The molecule has 1 aromatic rings. The van der Waals surface area contributed by atoms with Crippen LogP contribution in [0.2, 0.25) is 0 Å². The first kappa shape index (κ1) is 19.1. The van der Waals surface area contributed by atoms with Crippen molar-refractivity contribution >= 4 is 11.7 Å². The highest BCUT2D eigenvalue weighted by molar-refractivity contribution is 5.75. The summed E-state index contributed by atoms with van der Waals surface area (Å²) in [5.41, 5.74) is 0.500. The van der Waals surface area contributed by atoms with Gasteiger partial charge in [-0.15, -0.1) is 0 Å². The lowest BCUT2D eigenvalue weighted by atomic mass is 9.92. The van der Waals surface area contributed by atoms with Crippen molar-refractivity contribution in [2.24, 2.45) is 5.92 Å². The molecule has 8 heteroatoms.